The van der Waals surface area contributed by atoms with Gasteiger partial charge in [0.15, 0.2) is 0 Å². The summed E-state index contributed by atoms with van der Waals surface area (Å²) >= 11 is 0. The van der Waals surface area contributed by atoms with Crippen molar-refractivity contribution in [2.75, 3.05) is 16.8 Å². The molecule has 3 rings (SSSR count). The smallest absolute Gasteiger partial charge is 0.229 e. The van der Waals surface area contributed by atoms with Crippen LogP contribution in [0.1, 0.15) is 32.4 Å². The molecule has 0 spiro atoms. The zero-order chi connectivity index (χ0) is 15.5. The fraction of sp³-hybridized carbons (Fsp3) is 0.412. The molecule has 1 aliphatic heterocycles. The molecular formula is C17H21FN4. The van der Waals surface area contributed by atoms with Crippen molar-refractivity contribution in [3.8, 4) is 0 Å². The van der Waals surface area contributed by atoms with Gasteiger partial charge < -0.3 is 10.2 Å². The van der Waals surface area contributed by atoms with Crippen LogP contribution in [0.4, 0.5) is 21.8 Å². The summed E-state index contributed by atoms with van der Waals surface area (Å²) in [4.78, 5) is 11.5. The molecule has 22 heavy (non-hydrogen) atoms. The van der Waals surface area contributed by atoms with Crippen molar-refractivity contribution in [2.45, 2.75) is 39.2 Å². The topological polar surface area (TPSA) is 41.1 Å². The van der Waals surface area contributed by atoms with Gasteiger partial charge in [0.2, 0.25) is 5.95 Å². The highest BCUT2D eigenvalue weighted by Crippen LogP contribution is 2.26. The van der Waals surface area contributed by atoms with Crippen LogP contribution in [-0.2, 0) is 6.42 Å². The monoisotopic (exact) mass is 300 g/mol. The Hall–Kier alpha value is -2.17. The number of anilines is 3. The molecule has 0 saturated carbocycles. The summed E-state index contributed by atoms with van der Waals surface area (Å²) in [6.07, 6.45) is 3.26. The maximum absolute atomic E-state index is 13.0. The Morgan fingerprint density at radius 3 is 2.68 bits per heavy atom. The average molecular weight is 300 g/mol. The number of halogens is 1. The molecule has 1 fully saturated rings. The quantitative estimate of drug-likeness (QED) is 0.929. The molecule has 1 atom stereocenters. The van der Waals surface area contributed by atoms with Gasteiger partial charge in [-0.3, -0.25) is 0 Å². The normalized spacial score (nSPS) is 17.8. The SMILES string of the molecule is CCc1cc(N2CCCC2C)nc(Nc2ccc(F)cc2)n1. The van der Waals surface area contributed by atoms with Crippen molar-refractivity contribution < 1.29 is 4.39 Å². The Labute approximate surface area is 130 Å². The predicted molar refractivity (Wildman–Crippen MR) is 87.1 cm³/mol. The molecule has 0 amide bonds. The van der Waals surface area contributed by atoms with Gasteiger partial charge in [-0.1, -0.05) is 6.92 Å². The fourth-order valence-corrected chi connectivity index (χ4v) is 2.80. The first-order valence-corrected chi connectivity index (χ1v) is 7.83. The lowest BCUT2D eigenvalue weighted by Gasteiger charge is -2.23. The Bertz CT molecular complexity index is 642. The zero-order valence-corrected chi connectivity index (χ0v) is 13.0. The second-order valence-corrected chi connectivity index (χ2v) is 5.71. The Morgan fingerprint density at radius 2 is 2.05 bits per heavy atom. The van der Waals surface area contributed by atoms with Gasteiger partial charge in [0.25, 0.3) is 0 Å². The minimum atomic E-state index is -0.250. The first kappa shape index (κ1) is 14.8. The van der Waals surface area contributed by atoms with Gasteiger partial charge in [0, 0.05) is 30.0 Å². The number of nitrogens with zero attached hydrogens (tertiary/aromatic N) is 3. The van der Waals surface area contributed by atoms with E-state index in [1.54, 1.807) is 12.1 Å². The van der Waals surface area contributed by atoms with Gasteiger partial charge in [-0.25, -0.2) is 9.37 Å². The van der Waals surface area contributed by atoms with E-state index in [1.165, 1.54) is 25.0 Å². The molecule has 1 N–H and O–H groups in total. The zero-order valence-electron chi connectivity index (χ0n) is 13.0. The van der Waals surface area contributed by atoms with Crippen molar-refractivity contribution in [2.24, 2.45) is 0 Å². The molecule has 1 aromatic carbocycles. The molecule has 1 unspecified atom stereocenters. The van der Waals surface area contributed by atoms with Crippen molar-refractivity contribution >= 4 is 17.5 Å². The van der Waals surface area contributed by atoms with Gasteiger partial charge in [0.1, 0.15) is 11.6 Å². The van der Waals surface area contributed by atoms with Crippen LogP contribution in [0.5, 0.6) is 0 Å². The number of rotatable bonds is 4. The highest BCUT2D eigenvalue weighted by molar-refractivity contribution is 5.56. The lowest BCUT2D eigenvalue weighted by Crippen LogP contribution is -2.27. The second-order valence-electron chi connectivity index (χ2n) is 5.71. The predicted octanol–water partition coefficient (Wildman–Crippen LogP) is 3.91. The fourth-order valence-electron chi connectivity index (χ4n) is 2.80. The maximum Gasteiger partial charge on any atom is 0.229 e. The Morgan fingerprint density at radius 1 is 1.27 bits per heavy atom. The van der Waals surface area contributed by atoms with Crippen molar-refractivity contribution in [1.29, 1.82) is 0 Å². The molecule has 1 saturated heterocycles. The summed E-state index contributed by atoms with van der Waals surface area (Å²) in [6.45, 7) is 5.35. The minimum absolute atomic E-state index is 0.250. The highest BCUT2D eigenvalue weighted by Gasteiger charge is 2.22. The molecule has 4 nitrogen and oxygen atoms in total. The maximum atomic E-state index is 13.0. The van der Waals surface area contributed by atoms with E-state index in [0.717, 1.165) is 30.2 Å². The second kappa shape index (κ2) is 6.30. The van der Waals surface area contributed by atoms with E-state index in [-0.39, 0.29) is 5.82 Å². The Kier molecular flexibility index (Phi) is 4.22. The lowest BCUT2D eigenvalue weighted by atomic mass is 10.2. The molecule has 0 bridgehead atoms. The average Bonchev–Trinajstić information content (AvgIpc) is 2.95. The van der Waals surface area contributed by atoms with E-state index in [1.807, 2.05) is 0 Å². The molecule has 5 heteroatoms. The Balaban J connectivity index is 1.88. The van der Waals surface area contributed by atoms with Gasteiger partial charge in [-0.15, -0.1) is 0 Å². The van der Waals surface area contributed by atoms with E-state index in [4.69, 9.17) is 0 Å². The highest BCUT2D eigenvalue weighted by atomic mass is 19.1. The first-order chi connectivity index (χ1) is 10.7. The van der Waals surface area contributed by atoms with E-state index in [0.29, 0.717) is 12.0 Å². The number of hydrogen-bond acceptors (Lipinski definition) is 4. The van der Waals surface area contributed by atoms with Crippen LogP contribution in [0.15, 0.2) is 30.3 Å². The lowest BCUT2D eigenvalue weighted by molar-refractivity contribution is 0.628. The summed E-state index contributed by atoms with van der Waals surface area (Å²) in [6, 6.07) is 8.81. The van der Waals surface area contributed by atoms with E-state index >= 15 is 0 Å². The molecule has 1 aliphatic rings. The molecule has 0 radical (unpaired) electrons. The van der Waals surface area contributed by atoms with Crippen LogP contribution in [0, 0.1) is 5.82 Å². The third-order valence-corrected chi connectivity index (χ3v) is 4.08. The van der Waals surface area contributed by atoms with Crippen LogP contribution >= 0.6 is 0 Å². The minimum Gasteiger partial charge on any atom is -0.354 e. The molecule has 0 aliphatic carbocycles. The summed E-state index contributed by atoms with van der Waals surface area (Å²) in [5.41, 5.74) is 1.80. The van der Waals surface area contributed by atoms with Gasteiger partial charge in [0.05, 0.1) is 0 Å². The van der Waals surface area contributed by atoms with Gasteiger partial charge in [-0.2, -0.15) is 4.98 Å². The third-order valence-electron chi connectivity index (χ3n) is 4.08. The van der Waals surface area contributed by atoms with Crippen molar-refractivity contribution in [3.63, 3.8) is 0 Å². The van der Waals surface area contributed by atoms with E-state index in [9.17, 15) is 4.39 Å². The van der Waals surface area contributed by atoms with Crippen LogP contribution in [0.3, 0.4) is 0 Å². The van der Waals surface area contributed by atoms with Crippen molar-refractivity contribution in [3.05, 3.63) is 41.8 Å². The molecular weight excluding hydrogens is 279 g/mol. The molecule has 116 valence electrons. The standard InChI is InChI=1S/C17H21FN4/c1-3-14-11-16(22-10-4-5-12(22)2)21-17(19-14)20-15-8-6-13(18)7-9-15/h6-9,11-12H,3-5,10H2,1-2H3,(H,19,20,21). The van der Waals surface area contributed by atoms with Crippen LogP contribution < -0.4 is 10.2 Å². The molecule has 1 aromatic heterocycles. The number of aryl methyl sites for hydroxylation is 1. The summed E-state index contributed by atoms with van der Waals surface area (Å²) in [5, 5.41) is 3.17. The third kappa shape index (κ3) is 3.18. The number of benzene rings is 1. The van der Waals surface area contributed by atoms with Gasteiger partial charge in [-0.05, 0) is 50.5 Å². The largest absolute Gasteiger partial charge is 0.354 e. The summed E-state index contributed by atoms with van der Waals surface area (Å²) in [5.74, 6) is 1.29. The number of hydrogen-bond donors (Lipinski definition) is 1. The van der Waals surface area contributed by atoms with E-state index in [2.05, 4.69) is 40.1 Å². The summed E-state index contributed by atoms with van der Waals surface area (Å²) < 4.78 is 13.0. The van der Waals surface area contributed by atoms with Crippen LogP contribution in [0.2, 0.25) is 0 Å². The van der Waals surface area contributed by atoms with E-state index < -0.39 is 0 Å². The molecule has 2 aromatic rings. The number of nitrogens with one attached hydrogen (secondary N) is 1. The number of aromatic nitrogens is 2. The van der Waals surface area contributed by atoms with Gasteiger partial charge >= 0.3 is 0 Å². The molecule has 2 heterocycles. The van der Waals surface area contributed by atoms with Crippen LogP contribution in [-0.4, -0.2) is 22.6 Å². The van der Waals surface area contributed by atoms with Crippen LogP contribution in [0.25, 0.3) is 0 Å². The first-order valence-electron chi connectivity index (χ1n) is 7.83. The van der Waals surface area contributed by atoms with Crippen molar-refractivity contribution in [1.82, 2.24) is 9.97 Å². The summed E-state index contributed by atoms with van der Waals surface area (Å²) in [7, 11) is 0.